The Kier molecular flexibility index (Phi) is 3.36. The highest BCUT2D eigenvalue weighted by Gasteiger charge is 2.32. The molecule has 1 aromatic rings. The third-order valence-electron chi connectivity index (χ3n) is 2.09. The van der Waals surface area contributed by atoms with Crippen molar-refractivity contribution in [2.75, 3.05) is 6.61 Å². The predicted molar refractivity (Wildman–Crippen MR) is 55.0 cm³/mol. The Morgan fingerprint density at radius 1 is 1.40 bits per heavy atom. The zero-order chi connectivity index (χ0) is 10.8. The summed E-state index contributed by atoms with van der Waals surface area (Å²) < 4.78 is 36.6. The summed E-state index contributed by atoms with van der Waals surface area (Å²) in [6, 6.07) is 3.31. The molecule has 1 saturated heterocycles. The predicted octanol–water partition coefficient (Wildman–Crippen LogP) is 3.22. The number of halogens is 2. The highest BCUT2D eigenvalue weighted by Crippen LogP contribution is 2.40. The van der Waals surface area contributed by atoms with Gasteiger partial charge in [0.05, 0.1) is 0 Å². The van der Waals surface area contributed by atoms with Crippen LogP contribution >= 0.6 is 7.15 Å². The highest BCUT2D eigenvalue weighted by atomic mass is 32.4. The van der Waals surface area contributed by atoms with E-state index in [0.717, 1.165) is 18.2 Å². The second-order valence-electron chi connectivity index (χ2n) is 3.11. The van der Waals surface area contributed by atoms with Crippen LogP contribution in [0.3, 0.4) is 0 Å². The van der Waals surface area contributed by atoms with Crippen molar-refractivity contribution in [1.82, 2.24) is 0 Å². The van der Waals surface area contributed by atoms with Crippen molar-refractivity contribution in [3.8, 4) is 0 Å². The third-order valence-corrected chi connectivity index (χ3v) is 3.49. The van der Waals surface area contributed by atoms with Gasteiger partial charge in [-0.2, -0.15) is 0 Å². The van der Waals surface area contributed by atoms with E-state index in [1.807, 2.05) is 0 Å². The van der Waals surface area contributed by atoms with Gasteiger partial charge in [0.15, 0.2) is 0 Å². The third kappa shape index (κ3) is 2.55. The summed E-state index contributed by atoms with van der Waals surface area (Å²) in [6.45, 7) is 0.426. The first-order valence-corrected chi connectivity index (χ1v) is 6.58. The molecular weight excluding hydrogens is 241 g/mol. The molecule has 2 nitrogen and oxygen atoms in total. The Labute approximate surface area is 91.8 Å². The number of hydrogen-bond acceptors (Lipinski definition) is 3. The Balaban J connectivity index is 2.27. The molecule has 6 heteroatoms. The summed E-state index contributed by atoms with van der Waals surface area (Å²) in [5.41, 5.74) is 0.218. The molecule has 0 saturated carbocycles. The van der Waals surface area contributed by atoms with Crippen LogP contribution in [-0.4, -0.2) is 6.61 Å². The van der Waals surface area contributed by atoms with Crippen LogP contribution in [0.5, 0.6) is 0 Å². The van der Waals surface area contributed by atoms with E-state index in [2.05, 4.69) is 0 Å². The molecule has 1 aliphatic rings. The van der Waals surface area contributed by atoms with E-state index >= 15 is 0 Å². The normalized spacial score (nSPS) is 24.1. The van der Waals surface area contributed by atoms with Crippen LogP contribution in [0.1, 0.15) is 18.1 Å². The van der Waals surface area contributed by atoms with Crippen molar-refractivity contribution in [1.29, 1.82) is 0 Å². The number of benzene rings is 1. The monoisotopic (exact) mass is 249 g/mol. The summed E-state index contributed by atoms with van der Waals surface area (Å²) in [4.78, 5) is 0. The zero-order valence-electron chi connectivity index (χ0n) is 7.65. The van der Waals surface area contributed by atoms with Gasteiger partial charge in [-0.1, -0.05) is 0 Å². The average molecular weight is 249 g/mol. The van der Waals surface area contributed by atoms with Crippen LogP contribution in [0, 0.1) is 11.6 Å². The molecule has 1 aromatic carbocycles. The fourth-order valence-electron chi connectivity index (χ4n) is 1.39. The smallest absolute Gasteiger partial charge is 0.207 e. The standard InChI is InChI=1S/C9H8F2O2PS/c10-6-1-2-8(11)7(5-6)9-3-4-12-14(15)13-9/h1-2,5,9H,3-4H2/q+1. The second kappa shape index (κ2) is 4.58. The summed E-state index contributed by atoms with van der Waals surface area (Å²) in [6.07, 6.45) is 0.00797. The van der Waals surface area contributed by atoms with E-state index in [0.29, 0.717) is 13.0 Å². The lowest BCUT2D eigenvalue weighted by Gasteiger charge is -2.15. The molecule has 0 bridgehead atoms. The minimum atomic E-state index is -1.38. The SMILES string of the molecule is Fc1ccc(F)c(C2CCO[P+](=S)O2)c1. The Morgan fingerprint density at radius 3 is 2.93 bits per heavy atom. The minimum Gasteiger partial charge on any atom is -0.207 e. The van der Waals surface area contributed by atoms with Crippen molar-refractivity contribution in [2.24, 2.45) is 0 Å². The topological polar surface area (TPSA) is 18.5 Å². The lowest BCUT2D eigenvalue weighted by molar-refractivity contribution is 0.116. The molecule has 1 fully saturated rings. The van der Waals surface area contributed by atoms with Gasteiger partial charge in [-0.25, -0.2) is 8.78 Å². The zero-order valence-corrected chi connectivity index (χ0v) is 9.36. The number of rotatable bonds is 1. The minimum absolute atomic E-state index is 0.218. The molecular formula is C9H8F2O2PS+. The number of hydrogen-bond donors (Lipinski definition) is 0. The van der Waals surface area contributed by atoms with Crippen molar-refractivity contribution in [2.45, 2.75) is 12.5 Å². The van der Waals surface area contributed by atoms with Crippen LogP contribution in [0.25, 0.3) is 0 Å². The molecule has 0 N–H and O–H groups in total. The van der Waals surface area contributed by atoms with Gasteiger partial charge in [-0.05, 0) is 18.2 Å². The molecule has 0 radical (unpaired) electrons. The van der Waals surface area contributed by atoms with Crippen LogP contribution in [0.15, 0.2) is 18.2 Å². The molecule has 0 aliphatic carbocycles. The lowest BCUT2D eigenvalue weighted by Crippen LogP contribution is -2.11. The van der Waals surface area contributed by atoms with Crippen molar-refractivity contribution < 1.29 is 17.8 Å². The maximum absolute atomic E-state index is 13.4. The first-order valence-electron chi connectivity index (χ1n) is 4.39. The van der Waals surface area contributed by atoms with Crippen LogP contribution < -0.4 is 0 Å². The first kappa shape index (κ1) is 11.0. The summed E-state index contributed by atoms with van der Waals surface area (Å²) >= 11 is 4.85. The molecule has 0 aromatic heterocycles. The van der Waals surface area contributed by atoms with Crippen molar-refractivity contribution in [3.05, 3.63) is 35.4 Å². The molecule has 0 spiro atoms. The molecule has 1 heterocycles. The van der Waals surface area contributed by atoms with Gasteiger partial charge < -0.3 is 0 Å². The second-order valence-corrected chi connectivity index (χ2v) is 4.92. The summed E-state index contributed by atoms with van der Waals surface area (Å²) in [5, 5.41) is 0. The van der Waals surface area contributed by atoms with Gasteiger partial charge >= 0.3 is 7.15 Å². The first-order chi connectivity index (χ1) is 7.16. The van der Waals surface area contributed by atoms with Crippen molar-refractivity contribution in [3.63, 3.8) is 0 Å². The largest absolute Gasteiger partial charge is 0.522 e. The van der Waals surface area contributed by atoms with E-state index in [1.165, 1.54) is 0 Å². The van der Waals surface area contributed by atoms with Gasteiger partial charge in [-0.15, -0.1) is 9.05 Å². The highest BCUT2D eigenvalue weighted by molar-refractivity contribution is 8.00. The molecule has 1 aliphatic heterocycles. The Morgan fingerprint density at radius 2 is 2.20 bits per heavy atom. The Bertz CT molecular complexity index is 400. The van der Waals surface area contributed by atoms with Gasteiger partial charge in [-0.3, -0.25) is 0 Å². The van der Waals surface area contributed by atoms with Gasteiger partial charge in [0.2, 0.25) is 11.8 Å². The van der Waals surface area contributed by atoms with Gasteiger partial charge in [0.25, 0.3) is 0 Å². The summed E-state index contributed by atoms with van der Waals surface area (Å²) in [5.74, 6) is -0.947. The fraction of sp³-hybridized carbons (Fsp3) is 0.333. The van der Waals surface area contributed by atoms with E-state index in [1.54, 1.807) is 0 Å². The van der Waals surface area contributed by atoms with Gasteiger partial charge in [0.1, 0.15) is 24.3 Å². The van der Waals surface area contributed by atoms with Crippen LogP contribution in [0.2, 0.25) is 0 Å². The fourth-order valence-corrected chi connectivity index (χ4v) is 2.67. The van der Waals surface area contributed by atoms with Crippen molar-refractivity contribution >= 4 is 19.0 Å². The maximum Gasteiger partial charge on any atom is 0.522 e. The van der Waals surface area contributed by atoms with Crippen LogP contribution in [-0.2, 0) is 20.9 Å². The Hall–Kier alpha value is -0.480. The molecule has 2 unspecified atom stereocenters. The maximum atomic E-state index is 13.4. The van der Waals surface area contributed by atoms with Gasteiger partial charge in [0, 0.05) is 12.0 Å². The lowest BCUT2D eigenvalue weighted by atomic mass is 10.1. The molecule has 2 rings (SSSR count). The molecule has 80 valence electrons. The van der Waals surface area contributed by atoms with Crippen LogP contribution in [0.4, 0.5) is 8.78 Å². The van der Waals surface area contributed by atoms with E-state index in [-0.39, 0.29) is 5.56 Å². The quantitative estimate of drug-likeness (QED) is 0.712. The molecule has 2 atom stereocenters. The molecule has 0 amide bonds. The average Bonchev–Trinajstić information content (AvgIpc) is 2.22. The molecule has 15 heavy (non-hydrogen) atoms. The summed E-state index contributed by atoms with van der Waals surface area (Å²) in [7, 11) is -1.38. The van der Waals surface area contributed by atoms with E-state index < -0.39 is 24.9 Å². The van der Waals surface area contributed by atoms with E-state index in [4.69, 9.17) is 20.9 Å². The van der Waals surface area contributed by atoms with E-state index in [9.17, 15) is 8.78 Å².